The number of aromatic nitrogens is 1. The highest BCUT2D eigenvalue weighted by Gasteiger charge is 2.22. The van der Waals surface area contributed by atoms with Crippen molar-refractivity contribution in [3.05, 3.63) is 26.0 Å². The molecule has 142 valence electrons. The normalized spacial score (nSPS) is 11.2. The Labute approximate surface area is 167 Å². The number of anilines is 1. The number of thiophene rings is 1. The predicted molar refractivity (Wildman–Crippen MR) is 103 cm³/mol. The van der Waals surface area contributed by atoms with Gasteiger partial charge in [-0.2, -0.15) is 0 Å². The van der Waals surface area contributed by atoms with Gasteiger partial charge in [-0.3, -0.25) is 10.1 Å². The summed E-state index contributed by atoms with van der Waals surface area (Å²) in [5, 5.41) is 2.68. The average molecular weight is 482 g/mol. The highest BCUT2D eigenvalue weighted by atomic mass is 79.9. The van der Waals surface area contributed by atoms with E-state index in [2.05, 4.69) is 26.2 Å². The fourth-order valence-electron chi connectivity index (χ4n) is 1.88. The van der Waals surface area contributed by atoms with Gasteiger partial charge >= 0.3 is 12.0 Å². The number of sulfonamides is 1. The molecule has 0 atom stereocenters. The van der Waals surface area contributed by atoms with Crippen molar-refractivity contribution in [1.29, 1.82) is 0 Å². The first-order valence-corrected chi connectivity index (χ1v) is 11.2. The lowest BCUT2D eigenvalue weighted by atomic mass is 10.2. The van der Waals surface area contributed by atoms with Crippen molar-refractivity contribution in [1.82, 2.24) is 9.71 Å². The number of nitrogens with zero attached hydrogens (tertiary/aromatic N) is 1. The molecule has 2 amide bonds. The van der Waals surface area contributed by atoms with Crippen molar-refractivity contribution in [3.63, 3.8) is 0 Å². The van der Waals surface area contributed by atoms with Gasteiger partial charge in [0.1, 0.15) is 4.21 Å². The zero-order valence-electron chi connectivity index (χ0n) is 14.1. The van der Waals surface area contributed by atoms with Crippen LogP contribution in [0.15, 0.2) is 14.1 Å². The Morgan fingerprint density at radius 3 is 2.58 bits per heavy atom. The smallest absolute Gasteiger partial charge is 0.334 e. The molecule has 26 heavy (non-hydrogen) atoms. The fraction of sp³-hybridized carbons (Fsp3) is 0.357. The molecule has 0 aromatic carbocycles. The van der Waals surface area contributed by atoms with Crippen LogP contribution in [0.4, 0.5) is 9.93 Å². The lowest BCUT2D eigenvalue weighted by Gasteiger charge is -2.05. The first-order chi connectivity index (χ1) is 12.1. The van der Waals surface area contributed by atoms with Crippen molar-refractivity contribution in [2.45, 2.75) is 31.4 Å². The maximum absolute atomic E-state index is 12.4. The van der Waals surface area contributed by atoms with Gasteiger partial charge in [0.15, 0.2) is 5.13 Å². The monoisotopic (exact) mass is 481 g/mol. The van der Waals surface area contributed by atoms with Crippen molar-refractivity contribution in [2.75, 3.05) is 11.9 Å². The molecule has 0 aliphatic rings. The standard InChI is InChI=1S/C14H16BrN3O5S3/c1-7-6-11(24-10(7)4-5-23-9(3)19)26(21,22)18-13(20)17-14-16-8(2)12(15)25-14/h6H,4-5H2,1-3H3,(H2,16,17,18,20). The van der Waals surface area contributed by atoms with Gasteiger partial charge in [-0.25, -0.2) is 22.9 Å². The largest absolute Gasteiger partial charge is 0.465 e. The Hall–Kier alpha value is -1.50. The van der Waals surface area contributed by atoms with Crippen LogP contribution in [-0.2, 0) is 26.0 Å². The average Bonchev–Trinajstić information content (AvgIpc) is 3.02. The molecule has 0 saturated heterocycles. The number of thiazole rings is 1. The topological polar surface area (TPSA) is 114 Å². The molecular weight excluding hydrogens is 466 g/mol. The van der Waals surface area contributed by atoms with Gasteiger partial charge in [0.05, 0.1) is 16.1 Å². The Balaban J connectivity index is 2.04. The van der Waals surface area contributed by atoms with Gasteiger partial charge in [-0.05, 0) is 41.4 Å². The predicted octanol–water partition coefficient (Wildman–Crippen LogP) is 3.20. The van der Waals surface area contributed by atoms with E-state index in [9.17, 15) is 18.0 Å². The van der Waals surface area contributed by atoms with Crippen LogP contribution >= 0.6 is 38.6 Å². The summed E-state index contributed by atoms with van der Waals surface area (Å²) in [6, 6.07) is 0.590. The van der Waals surface area contributed by atoms with Crippen LogP contribution in [0, 0.1) is 13.8 Å². The van der Waals surface area contributed by atoms with E-state index in [4.69, 9.17) is 4.74 Å². The number of ether oxygens (including phenoxy) is 1. The number of hydrogen-bond acceptors (Lipinski definition) is 8. The van der Waals surface area contributed by atoms with Crippen LogP contribution < -0.4 is 10.0 Å². The number of aryl methyl sites for hydroxylation is 2. The Bertz CT molecular complexity index is 916. The number of rotatable bonds is 6. The zero-order chi connectivity index (χ0) is 19.5. The van der Waals surface area contributed by atoms with Crippen molar-refractivity contribution >= 4 is 65.8 Å². The minimum absolute atomic E-state index is 0.0134. The summed E-state index contributed by atoms with van der Waals surface area (Å²) in [6.07, 6.45) is 0.407. The maximum Gasteiger partial charge on any atom is 0.334 e. The number of esters is 1. The fourth-order valence-corrected chi connectivity index (χ4v) is 5.60. The first-order valence-electron chi connectivity index (χ1n) is 7.28. The Morgan fingerprint density at radius 1 is 1.31 bits per heavy atom. The van der Waals surface area contributed by atoms with Gasteiger partial charge in [-0.1, -0.05) is 11.3 Å². The van der Waals surface area contributed by atoms with E-state index >= 15 is 0 Å². The molecule has 0 spiro atoms. The van der Waals surface area contributed by atoms with E-state index in [0.717, 1.165) is 25.6 Å². The molecule has 8 nitrogen and oxygen atoms in total. The second kappa shape index (κ2) is 8.46. The number of amides is 2. The van der Waals surface area contributed by atoms with E-state index in [1.807, 2.05) is 4.72 Å². The van der Waals surface area contributed by atoms with E-state index in [-0.39, 0.29) is 15.9 Å². The van der Waals surface area contributed by atoms with E-state index < -0.39 is 22.0 Å². The third-order valence-electron chi connectivity index (χ3n) is 3.08. The number of urea groups is 1. The second-order valence-corrected chi connectivity index (χ2v) is 10.6. The third kappa shape index (κ3) is 5.50. The summed E-state index contributed by atoms with van der Waals surface area (Å²) >= 11 is 5.49. The summed E-state index contributed by atoms with van der Waals surface area (Å²) in [7, 11) is -4.01. The number of hydrogen-bond donors (Lipinski definition) is 2. The van der Waals surface area contributed by atoms with Crippen LogP contribution in [0.5, 0.6) is 0 Å². The van der Waals surface area contributed by atoms with Crippen molar-refractivity contribution in [3.8, 4) is 0 Å². The van der Waals surface area contributed by atoms with Crippen molar-refractivity contribution < 1.29 is 22.7 Å². The summed E-state index contributed by atoms with van der Waals surface area (Å²) in [4.78, 5) is 27.6. The van der Waals surface area contributed by atoms with E-state index in [1.165, 1.54) is 24.3 Å². The molecule has 0 unspecified atom stereocenters. The number of halogens is 1. The molecule has 12 heteroatoms. The van der Waals surface area contributed by atoms with E-state index in [1.54, 1.807) is 13.8 Å². The highest BCUT2D eigenvalue weighted by Crippen LogP contribution is 2.28. The van der Waals surface area contributed by atoms with Gasteiger partial charge < -0.3 is 4.74 Å². The van der Waals surface area contributed by atoms with E-state index in [0.29, 0.717) is 12.1 Å². The number of carbonyl (C=O) groups is 2. The molecule has 0 saturated carbocycles. The van der Waals surface area contributed by atoms with Gasteiger partial charge in [-0.15, -0.1) is 11.3 Å². The summed E-state index contributed by atoms with van der Waals surface area (Å²) < 4.78 is 32.4. The van der Waals surface area contributed by atoms with Crippen LogP contribution in [0.25, 0.3) is 0 Å². The molecule has 0 bridgehead atoms. The molecule has 2 aromatic rings. The van der Waals surface area contributed by atoms with Crippen LogP contribution in [0.2, 0.25) is 0 Å². The first kappa shape index (κ1) is 20.8. The highest BCUT2D eigenvalue weighted by molar-refractivity contribution is 9.11. The van der Waals surface area contributed by atoms with Crippen LogP contribution in [-0.4, -0.2) is 32.0 Å². The molecule has 2 N–H and O–H groups in total. The summed E-state index contributed by atoms with van der Waals surface area (Å²) in [6.45, 7) is 4.99. The molecule has 0 fully saturated rings. The molecular formula is C14H16BrN3O5S3. The number of carbonyl (C=O) groups excluding carboxylic acids is 2. The summed E-state index contributed by atoms with van der Waals surface area (Å²) in [5.74, 6) is -0.394. The second-order valence-electron chi connectivity index (χ2n) is 5.20. The Kier molecular flexibility index (Phi) is 6.77. The van der Waals surface area contributed by atoms with Crippen LogP contribution in [0.3, 0.4) is 0 Å². The third-order valence-corrected chi connectivity index (χ3v) is 8.11. The molecule has 0 aliphatic carbocycles. The Morgan fingerprint density at radius 2 is 2.00 bits per heavy atom. The van der Waals surface area contributed by atoms with Gasteiger partial charge in [0.25, 0.3) is 10.0 Å². The minimum atomic E-state index is -4.01. The molecule has 2 aromatic heterocycles. The lowest BCUT2D eigenvalue weighted by molar-refractivity contribution is -0.140. The molecule has 0 radical (unpaired) electrons. The molecule has 2 rings (SSSR count). The van der Waals surface area contributed by atoms with Gasteiger partial charge in [0.2, 0.25) is 0 Å². The molecule has 2 heterocycles. The minimum Gasteiger partial charge on any atom is -0.465 e. The number of nitrogens with one attached hydrogen (secondary N) is 2. The van der Waals surface area contributed by atoms with Crippen LogP contribution in [0.1, 0.15) is 23.1 Å². The zero-order valence-corrected chi connectivity index (χ0v) is 18.1. The summed E-state index contributed by atoms with van der Waals surface area (Å²) in [5.41, 5.74) is 1.45. The van der Waals surface area contributed by atoms with Crippen molar-refractivity contribution in [2.24, 2.45) is 0 Å². The van der Waals surface area contributed by atoms with Gasteiger partial charge in [0, 0.05) is 18.2 Å². The SMILES string of the molecule is CC(=O)OCCc1sc(S(=O)(=O)NC(=O)Nc2nc(C)c(Br)s2)cc1C. The molecule has 0 aliphatic heterocycles. The quantitative estimate of drug-likeness (QED) is 0.612. The maximum atomic E-state index is 12.4. The lowest BCUT2D eigenvalue weighted by Crippen LogP contribution is -2.33.